The minimum Gasteiger partial charge on any atom is -0.491 e. The Morgan fingerprint density at radius 1 is 0.966 bits per heavy atom. The quantitative estimate of drug-likeness (QED) is 0.486. The molecule has 0 aliphatic heterocycles. The van der Waals surface area contributed by atoms with Crippen molar-refractivity contribution in [2.24, 2.45) is 11.3 Å². The number of hydrogen-bond acceptors (Lipinski definition) is 4. The molecule has 0 aliphatic carbocycles. The molecule has 3 atom stereocenters. The van der Waals surface area contributed by atoms with Crippen molar-refractivity contribution in [3.63, 3.8) is 0 Å². The van der Waals surface area contributed by atoms with Crippen LogP contribution in [-0.2, 0) is 0 Å². The van der Waals surface area contributed by atoms with Crippen molar-refractivity contribution in [1.29, 1.82) is 0 Å². The predicted molar refractivity (Wildman–Crippen MR) is 120 cm³/mol. The van der Waals surface area contributed by atoms with Gasteiger partial charge in [0, 0.05) is 5.39 Å². The Labute approximate surface area is 175 Å². The lowest BCUT2D eigenvalue weighted by molar-refractivity contribution is 0.0655. The van der Waals surface area contributed by atoms with E-state index in [2.05, 4.69) is 34.6 Å². The highest BCUT2D eigenvalue weighted by atomic mass is 16.5. The third kappa shape index (κ3) is 7.52. The van der Waals surface area contributed by atoms with Crippen molar-refractivity contribution in [2.75, 3.05) is 13.2 Å². The molecule has 4 nitrogen and oxygen atoms in total. The molecule has 0 spiro atoms. The van der Waals surface area contributed by atoms with Gasteiger partial charge in [0.2, 0.25) is 0 Å². The average Bonchev–Trinajstić information content (AvgIpc) is 2.70. The number of aliphatic hydroxyl groups excluding tert-OH is 2. The van der Waals surface area contributed by atoms with E-state index in [1.165, 1.54) is 0 Å². The lowest BCUT2D eigenvalue weighted by Gasteiger charge is -2.25. The fraction of sp³-hybridized carbons (Fsp3) is 0.600. The zero-order valence-corrected chi connectivity index (χ0v) is 18.6. The first kappa shape index (κ1) is 23.5. The molecular weight excluding hydrogens is 364 g/mol. The highest BCUT2D eigenvalue weighted by Gasteiger charge is 2.20. The molecule has 3 unspecified atom stereocenters. The first-order chi connectivity index (χ1) is 13.7. The maximum atomic E-state index is 10.3. The molecule has 0 saturated carbocycles. The van der Waals surface area contributed by atoms with E-state index in [9.17, 15) is 10.2 Å². The van der Waals surface area contributed by atoms with Crippen LogP contribution in [0.2, 0.25) is 0 Å². The van der Waals surface area contributed by atoms with Crippen LogP contribution in [0.1, 0.15) is 60.3 Å². The minimum atomic E-state index is -0.491. The summed E-state index contributed by atoms with van der Waals surface area (Å²) >= 11 is 0. The van der Waals surface area contributed by atoms with E-state index in [1.54, 1.807) is 0 Å². The largest absolute Gasteiger partial charge is 0.491 e. The number of aliphatic hydroxyl groups is 2. The van der Waals surface area contributed by atoms with Gasteiger partial charge in [-0.25, -0.2) is 0 Å². The Bertz CT molecular complexity index is 756. The first-order valence-corrected chi connectivity index (χ1v) is 10.9. The average molecular weight is 403 g/mol. The number of ether oxygens (including phenoxy) is 2. The predicted octanol–water partition coefficient (Wildman–Crippen LogP) is 5.58. The van der Waals surface area contributed by atoms with Crippen LogP contribution >= 0.6 is 0 Å². The maximum absolute atomic E-state index is 10.3. The summed E-state index contributed by atoms with van der Waals surface area (Å²) < 4.78 is 11.7. The monoisotopic (exact) mass is 402 g/mol. The minimum absolute atomic E-state index is 0.104. The van der Waals surface area contributed by atoms with E-state index in [1.807, 2.05) is 36.4 Å². The van der Waals surface area contributed by atoms with Gasteiger partial charge in [0.25, 0.3) is 0 Å². The molecule has 0 bridgehead atoms. The van der Waals surface area contributed by atoms with Crippen LogP contribution in [-0.4, -0.2) is 35.6 Å². The SMILES string of the molecule is CCC(C)CC(O)COc1ccc2c(OCC(O)CC(C)(C)CC)cccc2c1. The second-order valence-electron chi connectivity index (χ2n) is 9.04. The van der Waals surface area contributed by atoms with E-state index in [0.717, 1.165) is 41.5 Å². The summed E-state index contributed by atoms with van der Waals surface area (Å²) in [5.74, 6) is 1.99. The van der Waals surface area contributed by atoms with Crippen LogP contribution in [0.4, 0.5) is 0 Å². The molecule has 0 saturated heterocycles. The Hall–Kier alpha value is -1.78. The van der Waals surface area contributed by atoms with Crippen molar-refractivity contribution in [1.82, 2.24) is 0 Å². The number of fused-ring (bicyclic) bond motifs is 1. The van der Waals surface area contributed by atoms with Crippen LogP contribution in [0, 0.1) is 11.3 Å². The molecule has 162 valence electrons. The van der Waals surface area contributed by atoms with Crippen molar-refractivity contribution >= 4 is 10.8 Å². The van der Waals surface area contributed by atoms with E-state index < -0.39 is 12.2 Å². The summed E-state index contributed by atoms with van der Waals surface area (Å²) in [6.45, 7) is 11.3. The van der Waals surface area contributed by atoms with Crippen LogP contribution in [0.25, 0.3) is 10.8 Å². The highest BCUT2D eigenvalue weighted by molar-refractivity contribution is 5.89. The summed E-state index contributed by atoms with van der Waals surface area (Å²) in [4.78, 5) is 0. The van der Waals surface area contributed by atoms with Gasteiger partial charge in [-0.3, -0.25) is 0 Å². The molecule has 29 heavy (non-hydrogen) atoms. The van der Waals surface area contributed by atoms with Crippen LogP contribution in [0.15, 0.2) is 36.4 Å². The van der Waals surface area contributed by atoms with Gasteiger partial charge in [-0.2, -0.15) is 0 Å². The van der Waals surface area contributed by atoms with Gasteiger partial charge in [0.05, 0.1) is 12.2 Å². The van der Waals surface area contributed by atoms with Gasteiger partial charge in [0.15, 0.2) is 0 Å². The normalized spacial score (nSPS) is 15.1. The van der Waals surface area contributed by atoms with Crippen molar-refractivity contribution in [3.05, 3.63) is 36.4 Å². The van der Waals surface area contributed by atoms with Gasteiger partial charge in [-0.1, -0.05) is 59.6 Å². The molecule has 2 aromatic rings. The van der Waals surface area contributed by atoms with Crippen molar-refractivity contribution in [2.45, 2.75) is 72.5 Å². The van der Waals surface area contributed by atoms with E-state index in [-0.39, 0.29) is 12.0 Å². The highest BCUT2D eigenvalue weighted by Crippen LogP contribution is 2.30. The smallest absolute Gasteiger partial charge is 0.127 e. The molecule has 0 radical (unpaired) electrons. The Balaban J connectivity index is 1.99. The fourth-order valence-corrected chi connectivity index (χ4v) is 3.37. The van der Waals surface area contributed by atoms with E-state index in [0.29, 0.717) is 18.9 Å². The summed E-state index contributed by atoms with van der Waals surface area (Å²) in [7, 11) is 0. The first-order valence-electron chi connectivity index (χ1n) is 10.9. The second-order valence-corrected chi connectivity index (χ2v) is 9.04. The lowest BCUT2D eigenvalue weighted by Crippen LogP contribution is -2.25. The number of hydrogen-bond donors (Lipinski definition) is 2. The fourth-order valence-electron chi connectivity index (χ4n) is 3.37. The van der Waals surface area contributed by atoms with E-state index >= 15 is 0 Å². The third-order valence-electron chi connectivity index (χ3n) is 5.80. The summed E-state index contributed by atoms with van der Waals surface area (Å²) in [5.41, 5.74) is 0.104. The molecule has 2 N–H and O–H groups in total. The number of benzene rings is 2. The lowest BCUT2D eigenvalue weighted by atomic mass is 9.84. The second kappa shape index (κ2) is 10.8. The zero-order chi connectivity index (χ0) is 21.4. The molecule has 0 fully saturated rings. The topological polar surface area (TPSA) is 58.9 Å². The molecule has 4 heteroatoms. The van der Waals surface area contributed by atoms with E-state index in [4.69, 9.17) is 9.47 Å². The van der Waals surface area contributed by atoms with Gasteiger partial charge in [-0.15, -0.1) is 0 Å². The molecular formula is C25H38O4. The van der Waals surface area contributed by atoms with Gasteiger partial charge in [-0.05, 0) is 53.8 Å². The summed E-state index contributed by atoms with van der Waals surface area (Å²) in [5, 5.41) is 22.4. The third-order valence-corrected chi connectivity index (χ3v) is 5.80. The van der Waals surface area contributed by atoms with Crippen LogP contribution in [0.5, 0.6) is 11.5 Å². The Kier molecular flexibility index (Phi) is 8.79. The Morgan fingerprint density at radius 2 is 1.69 bits per heavy atom. The maximum Gasteiger partial charge on any atom is 0.127 e. The number of rotatable bonds is 12. The van der Waals surface area contributed by atoms with Crippen molar-refractivity contribution < 1.29 is 19.7 Å². The van der Waals surface area contributed by atoms with Crippen molar-refractivity contribution in [3.8, 4) is 11.5 Å². The van der Waals surface area contributed by atoms with Crippen LogP contribution in [0.3, 0.4) is 0 Å². The van der Waals surface area contributed by atoms with Gasteiger partial charge in [0.1, 0.15) is 24.7 Å². The molecule has 0 heterocycles. The zero-order valence-electron chi connectivity index (χ0n) is 18.6. The molecule has 2 rings (SSSR count). The van der Waals surface area contributed by atoms with Crippen LogP contribution < -0.4 is 9.47 Å². The molecule has 0 aromatic heterocycles. The molecule has 0 amide bonds. The summed E-state index contributed by atoms with van der Waals surface area (Å²) in [6, 6.07) is 11.7. The molecule has 0 aliphatic rings. The van der Waals surface area contributed by atoms with Gasteiger partial charge < -0.3 is 19.7 Å². The molecule has 2 aromatic carbocycles. The standard InChI is InChI=1S/C25H38O4/c1-6-18(3)13-20(26)16-28-22-11-12-23-19(14-22)9-8-10-24(23)29-17-21(27)15-25(4,5)7-2/h8-12,14,18,20-21,26-27H,6-7,13,15-17H2,1-5H3. The Morgan fingerprint density at radius 3 is 2.38 bits per heavy atom. The van der Waals surface area contributed by atoms with Gasteiger partial charge >= 0.3 is 0 Å². The summed E-state index contributed by atoms with van der Waals surface area (Å²) in [6.07, 6.45) is 2.59.